The predicted octanol–water partition coefficient (Wildman–Crippen LogP) is 3.83. The smallest absolute Gasteiger partial charge is 0.374 e. The molecule has 3 rings (SSSR count). The second-order valence-electron chi connectivity index (χ2n) is 7.11. The topological polar surface area (TPSA) is 94.8 Å². The monoisotopic (exact) mass is 405 g/mol. The molecular formula is C20H23NO6S. The largest absolute Gasteiger partial charge is 0.459 e. The van der Waals surface area contributed by atoms with Gasteiger partial charge in [-0.1, -0.05) is 6.92 Å². The highest BCUT2D eigenvalue weighted by atomic mass is 32.1. The van der Waals surface area contributed by atoms with Crippen LogP contribution < -0.4 is 5.32 Å². The highest BCUT2D eigenvalue weighted by molar-refractivity contribution is 7.17. The highest BCUT2D eigenvalue weighted by Crippen LogP contribution is 2.40. The van der Waals surface area contributed by atoms with E-state index in [1.54, 1.807) is 19.9 Å². The summed E-state index contributed by atoms with van der Waals surface area (Å²) < 4.78 is 15.3. The Balaban J connectivity index is 1.74. The molecule has 0 unspecified atom stereocenters. The van der Waals surface area contributed by atoms with Crippen molar-refractivity contribution < 1.29 is 28.3 Å². The molecule has 1 aliphatic carbocycles. The van der Waals surface area contributed by atoms with E-state index in [1.165, 1.54) is 23.7 Å². The van der Waals surface area contributed by atoms with E-state index in [0.29, 0.717) is 16.5 Å². The lowest BCUT2D eigenvalue weighted by molar-refractivity contribution is -0.119. The summed E-state index contributed by atoms with van der Waals surface area (Å²) in [5.41, 5.74) is 1.38. The van der Waals surface area contributed by atoms with Crippen molar-refractivity contribution in [2.45, 2.75) is 46.1 Å². The Morgan fingerprint density at radius 1 is 1.32 bits per heavy atom. The van der Waals surface area contributed by atoms with Gasteiger partial charge in [-0.2, -0.15) is 0 Å². The van der Waals surface area contributed by atoms with Gasteiger partial charge in [-0.25, -0.2) is 9.59 Å². The van der Waals surface area contributed by atoms with Crippen molar-refractivity contribution in [1.29, 1.82) is 0 Å². The van der Waals surface area contributed by atoms with Crippen molar-refractivity contribution in [2.75, 3.05) is 11.9 Å². The SMILES string of the molecule is CC(C)OC(=O)c1c(NC(=O)COC(=O)c2ccco2)sc2c1CC[C@@H](C)C2. The van der Waals surface area contributed by atoms with E-state index in [-0.39, 0.29) is 11.9 Å². The van der Waals surface area contributed by atoms with E-state index in [4.69, 9.17) is 13.9 Å². The molecule has 0 saturated carbocycles. The van der Waals surface area contributed by atoms with Crippen LogP contribution >= 0.6 is 11.3 Å². The third kappa shape index (κ3) is 4.62. The fraction of sp³-hybridized carbons (Fsp3) is 0.450. The second kappa shape index (κ2) is 8.60. The van der Waals surface area contributed by atoms with Crippen LogP contribution in [0.1, 0.15) is 58.5 Å². The van der Waals surface area contributed by atoms with Crippen LogP contribution in [-0.2, 0) is 27.1 Å². The third-order valence-electron chi connectivity index (χ3n) is 4.37. The molecular weight excluding hydrogens is 382 g/mol. The van der Waals surface area contributed by atoms with Crippen molar-refractivity contribution in [3.8, 4) is 0 Å². The van der Waals surface area contributed by atoms with Crippen molar-refractivity contribution in [3.63, 3.8) is 0 Å². The summed E-state index contributed by atoms with van der Waals surface area (Å²) >= 11 is 1.39. The van der Waals surface area contributed by atoms with Crippen LogP contribution in [-0.4, -0.2) is 30.6 Å². The number of ether oxygens (including phenoxy) is 2. The standard InChI is InChI=1S/C20H23NO6S/c1-11(2)27-20(24)17-13-7-6-12(3)9-15(13)28-18(17)21-16(22)10-26-19(23)14-5-4-8-25-14/h4-5,8,11-12H,6-7,9-10H2,1-3H3,(H,21,22)/t12-/m1/s1. The van der Waals surface area contributed by atoms with Gasteiger partial charge >= 0.3 is 11.9 Å². The molecule has 0 aromatic carbocycles. The Bertz CT molecular complexity index is 868. The number of carbonyl (C=O) groups excluding carboxylic acids is 3. The first kappa shape index (κ1) is 20.1. The van der Waals surface area contributed by atoms with Crippen molar-refractivity contribution in [1.82, 2.24) is 0 Å². The number of fused-ring (bicyclic) bond motifs is 1. The fourth-order valence-corrected chi connectivity index (χ4v) is 4.50. The first-order valence-corrected chi connectivity index (χ1v) is 10.0. The molecule has 150 valence electrons. The molecule has 2 heterocycles. The number of carbonyl (C=O) groups is 3. The van der Waals surface area contributed by atoms with Gasteiger partial charge in [0.2, 0.25) is 5.76 Å². The summed E-state index contributed by atoms with van der Waals surface area (Å²) in [5, 5.41) is 3.16. The third-order valence-corrected chi connectivity index (χ3v) is 5.54. The normalized spacial score (nSPS) is 15.8. The number of thiophene rings is 1. The lowest BCUT2D eigenvalue weighted by atomic mass is 9.88. The molecule has 0 spiro atoms. The zero-order chi connectivity index (χ0) is 20.3. The number of rotatable bonds is 6. The lowest BCUT2D eigenvalue weighted by Gasteiger charge is -2.18. The minimum absolute atomic E-state index is 0.0228. The van der Waals surface area contributed by atoms with Crippen LogP contribution in [0.4, 0.5) is 5.00 Å². The van der Waals surface area contributed by atoms with Gasteiger partial charge in [0.25, 0.3) is 5.91 Å². The van der Waals surface area contributed by atoms with E-state index in [9.17, 15) is 14.4 Å². The molecule has 0 aliphatic heterocycles. The average Bonchev–Trinajstić information content (AvgIpc) is 3.26. The summed E-state index contributed by atoms with van der Waals surface area (Å²) in [7, 11) is 0. The van der Waals surface area contributed by atoms with Crippen LogP contribution in [0.25, 0.3) is 0 Å². The van der Waals surface area contributed by atoms with Crippen LogP contribution in [0.2, 0.25) is 0 Å². The Labute approximate surface area is 167 Å². The maximum Gasteiger partial charge on any atom is 0.374 e. The maximum atomic E-state index is 12.6. The van der Waals surface area contributed by atoms with E-state index in [0.717, 1.165) is 29.7 Å². The zero-order valence-electron chi connectivity index (χ0n) is 16.1. The second-order valence-corrected chi connectivity index (χ2v) is 8.22. The van der Waals surface area contributed by atoms with Gasteiger partial charge in [0.1, 0.15) is 5.00 Å². The van der Waals surface area contributed by atoms with Crippen LogP contribution in [0, 0.1) is 5.92 Å². The first-order chi connectivity index (χ1) is 13.3. The number of furan rings is 1. The highest BCUT2D eigenvalue weighted by Gasteiger charge is 2.29. The number of anilines is 1. The molecule has 28 heavy (non-hydrogen) atoms. The molecule has 8 heteroatoms. The average molecular weight is 405 g/mol. The molecule has 0 bridgehead atoms. The van der Waals surface area contributed by atoms with Crippen LogP contribution in [0.5, 0.6) is 0 Å². The van der Waals surface area contributed by atoms with Crippen molar-refractivity contribution in [2.24, 2.45) is 5.92 Å². The predicted molar refractivity (Wildman–Crippen MR) is 104 cm³/mol. The number of nitrogens with one attached hydrogen (secondary N) is 1. The van der Waals surface area contributed by atoms with Gasteiger partial charge in [-0.05, 0) is 56.7 Å². The Morgan fingerprint density at radius 3 is 2.79 bits per heavy atom. The van der Waals surface area contributed by atoms with Crippen molar-refractivity contribution >= 4 is 34.2 Å². The van der Waals surface area contributed by atoms with Gasteiger partial charge in [0.15, 0.2) is 6.61 Å². The minimum atomic E-state index is -0.723. The summed E-state index contributed by atoms with van der Waals surface area (Å²) in [6.45, 7) is 5.26. The molecule has 2 aromatic heterocycles. The number of amides is 1. The molecule has 1 atom stereocenters. The number of esters is 2. The fourth-order valence-electron chi connectivity index (χ4n) is 3.09. The summed E-state index contributed by atoms with van der Waals surface area (Å²) in [5.74, 6) is -1.14. The minimum Gasteiger partial charge on any atom is -0.459 e. The molecule has 2 aromatic rings. The number of hydrogen-bond acceptors (Lipinski definition) is 7. The Hall–Kier alpha value is -2.61. The zero-order valence-corrected chi connectivity index (χ0v) is 16.9. The number of hydrogen-bond donors (Lipinski definition) is 1. The van der Waals surface area contributed by atoms with Gasteiger partial charge in [0, 0.05) is 4.88 Å². The molecule has 0 fully saturated rings. The Morgan fingerprint density at radius 2 is 2.11 bits per heavy atom. The van der Waals surface area contributed by atoms with E-state index in [2.05, 4.69) is 12.2 Å². The van der Waals surface area contributed by atoms with E-state index < -0.39 is 24.5 Å². The van der Waals surface area contributed by atoms with E-state index in [1.807, 2.05) is 0 Å². The van der Waals surface area contributed by atoms with Gasteiger partial charge in [0.05, 0.1) is 17.9 Å². The van der Waals surface area contributed by atoms with Crippen molar-refractivity contribution in [3.05, 3.63) is 40.2 Å². The first-order valence-electron chi connectivity index (χ1n) is 9.21. The summed E-state index contributed by atoms with van der Waals surface area (Å²) in [6, 6.07) is 3.01. The quantitative estimate of drug-likeness (QED) is 0.734. The van der Waals surface area contributed by atoms with Crippen LogP contribution in [0.3, 0.4) is 0 Å². The molecule has 0 saturated heterocycles. The molecule has 0 radical (unpaired) electrons. The molecule has 1 N–H and O–H groups in total. The lowest BCUT2D eigenvalue weighted by Crippen LogP contribution is -2.22. The van der Waals surface area contributed by atoms with E-state index >= 15 is 0 Å². The molecule has 7 nitrogen and oxygen atoms in total. The van der Waals surface area contributed by atoms with Gasteiger partial charge in [-0.15, -0.1) is 11.3 Å². The maximum absolute atomic E-state index is 12.6. The Kier molecular flexibility index (Phi) is 6.18. The van der Waals surface area contributed by atoms with Gasteiger partial charge < -0.3 is 19.2 Å². The van der Waals surface area contributed by atoms with Gasteiger partial charge in [-0.3, -0.25) is 4.79 Å². The summed E-state index contributed by atoms with van der Waals surface area (Å²) in [4.78, 5) is 37.8. The molecule has 1 amide bonds. The summed E-state index contributed by atoms with van der Waals surface area (Å²) in [6.07, 6.45) is 3.72. The van der Waals surface area contributed by atoms with Crippen LogP contribution in [0.15, 0.2) is 22.8 Å². The molecule has 1 aliphatic rings.